The van der Waals surface area contributed by atoms with E-state index in [1.807, 2.05) is 0 Å². The van der Waals surface area contributed by atoms with Gasteiger partial charge in [0.2, 0.25) is 11.8 Å². The molecule has 0 spiro atoms. The van der Waals surface area contributed by atoms with Crippen LogP contribution in [0.3, 0.4) is 0 Å². The van der Waals surface area contributed by atoms with Crippen LogP contribution in [0.5, 0.6) is 0 Å². The second kappa shape index (κ2) is 8.18. The van der Waals surface area contributed by atoms with Crippen molar-refractivity contribution in [2.75, 3.05) is 11.1 Å². The van der Waals surface area contributed by atoms with Gasteiger partial charge in [0, 0.05) is 6.42 Å². The number of anilines is 1. The van der Waals surface area contributed by atoms with Crippen LogP contribution in [0.4, 0.5) is 5.82 Å². The molecule has 0 unspecified atom stereocenters. The van der Waals surface area contributed by atoms with Crippen molar-refractivity contribution in [1.82, 2.24) is 15.5 Å². The minimum absolute atomic E-state index is 0.119. The molecule has 0 aliphatic heterocycles. The topological polar surface area (TPSA) is 97.1 Å². The third-order valence-corrected chi connectivity index (χ3v) is 3.54. The third-order valence-electron chi connectivity index (χ3n) is 2.62. The summed E-state index contributed by atoms with van der Waals surface area (Å²) in [5, 5.41) is 13.8. The van der Waals surface area contributed by atoms with E-state index in [1.54, 1.807) is 37.5 Å². The van der Waals surface area contributed by atoms with Crippen molar-refractivity contribution in [1.29, 1.82) is 0 Å². The molecule has 0 bridgehead atoms. The molecule has 0 atom stereocenters. The Morgan fingerprint density at radius 2 is 2.09 bits per heavy atom. The van der Waals surface area contributed by atoms with Crippen molar-refractivity contribution in [3.8, 4) is 0 Å². The Bertz CT molecular complexity index is 614. The van der Waals surface area contributed by atoms with Crippen molar-refractivity contribution in [2.45, 2.75) is 24.9 Å². The van der Waals surface area contributed by atoms with E-state index in [0.717, 1.165) is 0 Å². The van der Waals surface area contributed by atoms with Gasteiger partial charge in [0.1, 0.15) is 10.8 Å². The molecule has 0 radical (unpaired) electrons. The highest BCUT2D eigenvalue weighted by molar-refractivity contribution is 7.99. The largest absolute Gasteiger partial charge is 0.467 e. The van der Waals surface area contributed by atoms with Gasteiger partial charge in [-0.3, -0.25) is 9.59 Å². The molecule has 7 nitrogen and oxygen atoms in total. The van der Waals surface area contributed by atoms with Gasteiger partial charge in [-0.25, -0.2) is 0 Å². The third kappa shape index (κ3) is 5.21. The quantitative estimate of drug-likeness (QED) is 0.755. The van der Waals surface area contributed by atoms with Gasteiger partial charge in [-0.1, -0.05) is 18.7 Å². The molecule has 2 N–H and O–H groups in total. The number of hydrogen-bond acceptors (Lipinski definition) is 6. The zero-order valence-electron chi connectivity index (χ0n) is 12.0. The molecular formula is C14H16N4O3S. The number of hydrogen-bond donors (Lipinski definition) is 2. The Morgan fingerprint density at radius 3 is 2.73 bits per heavy atom. The molecule has 116 valence electrons. The van der Waals surface area contributed by atoms with Crippen LogP contribution in [0.25, 0.3) is 0 Å². The molecule has 2 heterocycles. The number of thioether (sulfide) groups is 1. The van der Waals surface area contributed by atoms with Gasteiger partial charge in [-0.05, 0) is 24.3 Å². The maximum Gasteiger partial charge on any atom is 0.230 e. The van der Waals surface area contributed by atoms with E-state index in [4.69, 9.17) is 4.42 Å². The van der Waals surface area contributed by atoms with Gasteiger partial charge in [0.25, 0.3) is 0 Å². The van der Waals surface area contributed by atoms with Crippen LogP contribution in [-0.4, -0.2) is 27.8 Å². The number of amides is 2. The highest BCUT2D eigenvalue weighted by Crippen LogP contribution is 2.15. The molecule has 0 aliphatic carbocycles. The summed E-state index contributed by atoms with van der Waals surface area (Å²) >= 11 is 1.27. The predicted molar refractivity (Wildman–Crippen MR) is 82.2 cm³/mol. The minimum atomic E-state index is -0.119. The van der Waals surface area contributed by atoms with Crippen molar-refractivity contribution in [3.63, 3.8) is 0 Å². The van der Waals surface area contributed by atoms with Gasteiger partial charge in [0.15, 0.2) is 5.82 Å². The van der Waals surface area contributed by atoms with Crippen LogP contribution >= 0.6 is 11.8 Å². The first-order valence-corrected chi connectivity index (χ1v) is 7.71. The van der Waals surface area contributed by atoms with Gasteiger partial charge in [0.05, 0.1) is 18.6 Å². The summed E-state index contributed by atoms with van der Waals surface area (Å²) in [7, 11) is 0. The van der Waals surface area contributed by atoms with Gasteiger partial charge < -0.3 is 15.1 Å². The Kier molecular flexibility index (Phi) is 5.96. The zero-order valence-corrected chi connectivity index (χ0v) is 12.9. The number of carbonyl (C=O) groups is 2. The predicted octanol–water partition coefficient (Wildman–Crippen LogP) is 1.83. The highest BCUT2D eigenvalue weighted by atomic mass is 32.2. The summed E-state index contributed by atoms with van der Waals surface area (Å²) in [6.45, 7) is 2.12. The molecule has 2 aromatic rings. The van der Waals surface area contributed by atoms with E-state index < -0.39 is 0 Å². The van der Waals surface area contributed by atoms with Gasteiger partial charge in [-0.15, -0.1) is 10.2 Å². The number of nitrogens with zero attached hydrogens (tertiary/aromatic N) is 2. The summed E-state index contributed by atoms with van der Waals surface area (Å²) in [6.07, 6.45) is 1.94. The fourth-order valence-electron chi connectivity index (χ4n) is 1.48. The van der Waals surface area contributed by atoms with Crippen molar-refractivity contribution in [3.05, 3.63) is 36.3 Å². The average Bonchev–Trinajstić information content (AvgIpc) is 3.05. The van der Waals surface area contributed by atoms with Gasteiger partial charge in [-0.2, -0.15) is 0 Å². The Hall–Kier alpha value is -2.35. The molecule has 0 fully saturated rings. The first-order valence-electron chi connectivity index (χ1n) is 6.73. The molecule has 2 amide bonds. The van der Waals surface area contributed by atoms with Crippen molar-refractivity contribution in [2.24, 2.45) is 0 Å². The van der Waals surface area contributed by atoms with Crippen LogP contribution in [0.15, 0.2) is 40.0 Å². The first-order chi connectivity index (χ1) is 10.7. The lowest BCUT2D eigenvalue weighted by Crippen LogP contribution is -2.24. The van der Waals surface area contributed by atoms with E-state index in [9.17, 15) is 9.59 Å². The van der Waals surface area contributed by atoms with Crippen LogP contribution in [0.2, 0.25) is 0 Å². The fourth-order valence-corrected chi connectivity index (χ4v) is 2.13. The number of carbonyl (C=O) groups excluding carboxylic acids is 2. The lowest BCUT2D eigenvalue weighted by atomic mass is 10.4. The summed E-state index contributed by atoms with van der Waals surface area (Å²) in [5.41, 5.74) is 0. The Morgan fingerprint density at radius 1 is 1.23 bits per heavy atom. The zero-order chi connectivity index (χ0) is 15.8. The number of nitrogens with one attached hydrogen (secondary N) is 2. The van der Waals surface area contributed by atoms with Gasteiger partial charge >= 0.3 is 0 Å². The normalized spacial score (nSPS) is 10.2. The second-order valence-corrected chi connectivity index (χ2v) is 5.30. The Labute approximate surface area is 131 Å². The van der Waals surface area contributed by atoms with Crippen LogP contribution in [0, 0.1) is 0 Å². The number of furan rings is 1. The lowest BCUT2D eigenvalue weighted by Gasteiger charge is -2.04. The average molecular weight is 320 g/mol. The Balaban J connectivity index is 1.74. The van der Waals surface area contributed by atoms with Crippen LogP contribution < -0.4 is 10.6 Å². The number of aromatic nitrogens is 2. The maximum absolute atomic E-state index is 11.7. The van der Waals surface area contributed by atoms with E-state index in [1.165, 1.54) is 11.8 Å². The smallest absolute Gasteiger partial charge is 0.230 e. The minimum Gasteiger partial charge on any atom is -0.467 e. The van der Waals surface area contributed by atoms with Crippen LogP contribution in [0.1, 0.15) is 19.1 Å². The maximum atomic E-state index is 11.7. The molecule has 0 aromatic carbocycles. The molecule has 2 rings (SSSR count). The van der Waals surface area contributed by atoms with E-state index >= 15 is 0 Å². The monoisotopic (exact) mass is 320 g/mol. The molecular weight excluding hydrogens is 304 g/mol. The standard InChI is InChI=1S/C14H16N4O3S/c1-2-12(19)16-11-5-6-14(18-17-11)22-9-13(20)15-8-10-4-3-7-21-10/h3-7H,2,8-9H2,1H3,(H,15,20)(H,16,17,19). The molecule has 0 saturated heterocycles. The summed E-state index contributed by atoms with van der Waals surface area (Å²) in [6, 6.07) is 6.93. The lowest BCUT2D eigenvalue weighted by molar-refractivity contribution is -0.119. The van der Waals surface area contributed by atoms with Crippen molar-refractivity contribution >= 4 is 29.4 Å². The molecule has 8 heteroatoms. The number of rotatable bonds is 7. The summed E-state index contributed by atoms with van der Waals surface area (Å²) < 4.78 is 5.12. The molecule has 0 aliphatic rings. The van der Waals surface area contributed by atoms with E-state index in [2.05, 4.69) is 20.8 Å². The molecule has 0 saturated carbocycles. The van der Waals surface area contributed by atoms with E-state index in [0.29, 0.717) is 29.6 Å². The highest BCUT2D eigenvalue weighted by Gasteiger charge is 2.06. The SMILES string of the molecule is CCC(=O)Nc1ccc(SCC(=O)NCc2ccco2)nn1. The molecule has 22 heavy (non-hydrogen) atoms. The van der Waals surface area contributed by atoms with E-state index in [-0.39, 0.29) is 17.6 Å². The summed E-state index contributed by atoms with van der Waals surface area (Å²) in [5.74, 6) is 1.10. The second-order valence-electron chi connectivity index (χ2n) is 4.30. The fraction of sp³-hybridized carbons (Fsp3) is 0.286. The van der Waals surface area contributed by atoms with Crippen molar-refractivity contribution < 1.29 is 14.0 Å². The first kappa shape index (κ1) is 16.0. The van der Waals surface area contributed by atoms with Crippen LogP contribution in [-0.2, 0) is 16.1 Å². The summed E-state index contributed by atoms with van der Waals surface area (Å²) in [4.78, 5) is 22.9. The molecule has 2 aromatic heterocycles.